The van der Waals surface area contributed by atoms with Crippen LogP contribution in [0.1, 0.15) is 37.6 Å². The summed E-state index contributed by atoms with van der Waals surface area (Å²) in [5.41, 5.74) is -0.568. The van der Waals surface area contributed by atoms with Gasteiger partial charge < -0.3 is 5.11 Å². The highest BCUT2D eigenvalue weighted by Crippen LogP contribution is 2.25. The van der Waals surface area contributed by atoms with Gasteiger partial charge in [0, 0.05) is 12.6 Å². The summed E-state index contributed by atoms with van der Waals surface area (Å²) in [6, 6.07) is 5.39. The molecule has 0 saturated heterocycles. The van der Waals surface area contributed by atoms with Gasteiger partial charge in [-0.05, 0) is 38.5 Å². The minimum absolute atomic E-state index is 0.00331. The third-order valence-electron chi connectivity index (χ3n) is 3.46. The molecule has 1 rings (SSSR count). The fraction of sp³-hybridized carbons (Fsp3) is 0.462. The monoisotopic (exact) mass is 285 g/mol. The van der Waals surface area contributed by atoms with Gasteiger partial charge in [0.1, 0.15) is 0 Å². The molecule has 0 fully saturated rings. The highest BCUT2D eigenvalue weighted by Gasteiger charge is 2.32. The third-order valence-corrected chi connectivity index (χ3v) is 5.52. The van der Waals surface area contributed by atoms with Crippen LogP contribution >= 0.6 is 0 Å². The van der Waals surface area contributed by atoms with E-state index in [-0.39, 0.29) is 10.5 Å². The van der Waals surface area contributed by atoms with E-state index in [0.29, 0.717) is 6.42 Å². The van der Waals surface area contributed by atoms with E-state index in [1.807, 2.05) is 20.8 Å². The largest absolute Gasteiger partial charge is 0.478 e. The average Bonchev–Trinajstić information content (AvgIpc) is 2.37. The number of carboxylic acid groups (broad SMARTS) is 1. The van der Waals surface area contributed by atoms with Gasteiger partial charge in [-0.2, -0.15) is 4.31 Å². The smallest absolute Gasteiger partial charge is 0.335 e. The molecule has 5 nitrogen and oxygen atoms in total. The normalized spacial score (nSPS) is 12.7. The molecule has 0 aliphatic carbocycles. The number of aromatic carboxylic acids is 1. The minimum Gasteiger partial charge on any atom is -0.478 e. The number of carbonyl (C=O) groups is 1. The second-order valence-electron chi connectivity index (χ2n) is 4.97. The fourth-order valence-electron chi connectivity index (χ4n) is 1.50. The Balaban J connectivity index is 3.28. The first-order valence-electron chi connectivity index (χ1n) is 5.95. The number of rotatable bonds is 5. The van der Waals surface area contributed by atoms with Gasteiger partial charge in [-0.3, -0.25) is 0 Å². The maximum absolute atomic E-state index is 12.4. The first kappa shape index (κ1) is 15.7. The van der Waals surface area contributed by atoms with Gasteiger partial charge in [-0.15, -0.1) is 0 Å². The zero-order valence-corrected chi connectivity index (χ0v) is 12.4. The van der Waals surface area contributed by atoms with Gasteiger partial charge in [0.2, 0.25) is 10.0 Å². The van der Waals surface area contributed by atoms with Crippen molar-refractivity contribution < 1.29 is 18.3 Å². The number of hydrogen-bond donors (Lipinski definition) is 1. The second kappa shape index (κ2) is 5.30. The van der Waals surface area contributed by atoms with Crippen LogP contribution in [0.25, 0.3) is 0 Å². The Hall–Kier alpha value is -1.40. The highest BCUT2D eigenvalue weighted by molar-refractivity contribution is 7.89. The lowest BCUT2D eigenvalue weighted by Crippen LogP contribution is -2.44. The summed E-state index contributed by atoms with van der Waals surface area (Å²) in [5.74, 6) is -1.14. The van der Waals surface area contributed by atoms with Crippen LogP contribution < -0.4 is 0 Å². The molecular weight excluding hydrogens is 266 g/mol. The third kappa shape index (κ3) is 3.13. The van der Waals surface area contributed by atoms with Gasteiger partial charge in [0.15, 0.2) is 0 Å². The Labute approximate surface area is 113 Å². The molecule has 1 aromatic carbocycles. The zero-order valence-electron chi connectivity index (χ0n) is 11.5. The zero-order chi connectivity index (χ0) is 14.8. The lowest BCUT2D eigenvalue weighted by atomic mass is 10.0. The molecular formula is C13H19NO4S. The van der Waals surface area contributed by atoms with E-state index in [1.165, 1.54) is 35.6 Å². The van der Waals surface area contributed by atoms with Crippen LogP contribution in [-0.2, 0) is 10.0 Å². The predicted octanol–water partition coefficient (Wildman–Crippen LogP) is 2.19. The van der Waals surface area contributed by atoms with Crippen molar-refractivity contribution in [3.63, 3.8) is 0 Å². The lowest BCUT2D eigenvalue weighted by Gasteiger charge is -2.33. The van der Waals surface area contributed by atoms with Gasteiger partial charge >= 0.3 is 5.97 Å². The molecule has 0 aliphatic rings. The van der Waals surface area contributed by atoms with Crippen molar-refractivity contribution in [1.82, 2.24) is 4.31 Å². The maximum Gasteiger partial charge on any atom is 0.335 e. The summed E-state index contributed by atoms with van der Waals surface area (Å²) in [7, 11) is -2.19. The van der Waals surface area contributed by atoms with Crippen molar-refractivity contribution in [3.05, 3.63) is 29.8 Å². The quantitative estimate of drug-likeness (QED) is 0.900. The van der Waals surface area contributed by atoms with Gasteiger partial charge in [-0.1, -0.05) is 13.0 Å². The first-order chi connectivity index (χ1) is 8.63. The topological polar surface area (TPSA) is 74.7 Å². The molecule has 0 aliphatic heterocycles. The van der Waals surface area contributed by atoms with Crippen LogP contribution in [0.4, 0.5) is 0 Å². The van der Waals surface area contributed by atoms with Crippen molar-refractivity contribution in [2.24, 2.45) is 0 Å². The number of benzene rings is 1. The van der Waals surface area contributed by atoms with E-state index in [4.69, 9.17) is 5.11 Å². The molecule has 0 saturated carbocycles. The summed E-state index contributed by atoms with van der Waals surface area (Å²) < 4.78 is 26.2. The van der Waals surface area contributed by atoms with Crippen molar-refractivity contribution in [2.45, 2.75) is 37.6 Å². The van der Waals surface area contributed by atoms with Crippen LogP contribution in [0.5, 0.6) is 0 Å². The molecule has 1 aromatic rings. The van der Waals surface area contributed by atoms with E-state index >= 15 is 0 Å². The Morgan fingerprint density at radius 3 is 2.42 bits per heavy atom. The van der Waals surface area contributed by atoms with Crippen LogP contribution in [0, 0.1) is 0 Å². The number of nitrogens with zero attached hydrogens (tertiary/aromatic N) is 1. The summed E-state index contributed by atoms with van der Waals surface area (Å²) in [5, 5.41) is 8.91. The van der Waals surface area contributed by atoms with Crippen LogP contribution in [0.3, 0.4) is 0 Å². The Bertz CT molecular complexity index is 578. The highest BCUT2D eigenvalue weighted by atomic mass is 32.2. The van der Waals surface area contributed by atoms with Crippen LogP contribution in [0.15, 0.2) is 29.2 Å². The molecule has 1 N–H and O–H groups in total. The average molecular weight is 285 g/mol. The van der Waals surface area contributed by atoms with Gasteiger partial charge in [0.25, 0.3) is 0 Å². The van der Waals surface area contributed by atoms with Gasteiger partial charge in [0.05, 0.1) is 10.5 Å². The minimum atomic E-state index is -3.69. The predicted molar refractivity (Wildman–Crippen MR) is 72.7 cm³/mol. The molecule has 0 spiro atoms. The number of sulfonamides is 1. The van der Waals surface area contributed by atoms with E-state index < -0.39 is 21.5 Å². The molecule has 0 unspecified atom stereocenters. The van der Waals surface area contributed by atoms with E-state index in [1.54, 1.807) is 0 Å². The molecule has 6 heteroatoms. The van der Waals surface area contributed by atoms with Crippen molar-refractivity contribution >= 4 is 16.0 Å². The summed E-state index contributed by atoms with van der Waals surface area (Å²) in [4.78, 5) is 10.9. The van der Waals surface area contributed by atoms with E-state index in [9.17, 15) is 13.2 Å². The SMILES string of the molecule is CCC(C)(C)N(C)S(=O)(=O)c1cccc(C(=O)O)c1. The second-order valence-corrected chi connectivity index (χ2v) is 6.94. The Kier molecular flexibility index (Phi) is 4.37. The van der Waals surface area contributed by atoms with E-state index in [0.717, 1.165) is 0 Å². The van der Waals surface area contributed by atoms with Crippen molar-refractivity contribution in [3.8, 4) is 0 Å². The van der Waals surface area contributed by atoms with E-state index in [2.05, 4.69) is 0 Å². The number of hydrogen-bond acceptors (Lipinski definition) is 3. The molecule has 0 atom stereocenters. The molecule has 0 radical (unpaired) electrons. The van der Waals surface area contributed by atoms with Gasteiger partial charge in [-0.25, -0.2) is 13.2 Å². The van der Waals surface area contributed by atoms with Crippen molar-refractivity contribution in [1.29, 1.82) is 0 Å². The first-order valence-corrected chi connectivity index (χ1v) is 7.39. The summed E-state index contributed by atoms with van der Waals surface area (Å²) in [6.45, 7) is 5.55. The lowest BCUT2D eigenvalue weighted by molar-refractivity contribution is 0.0696. The molecule has 0 amide bonds. The maximum atomic E-state index is 12.4. The molecule has 19 heavy (non-hydrogen) atoms. The summed E-state index contributed by atoms with van der Waals surface area (Å²) >= 11 is 0. The summed E-state index contributed by atoms with van der Waals surface area (Å²) in [6.07, 6.45) is 0.654. The Morgan fingerprint density at radius 2 is 1.95 bits per heavy atom. The molecule has 0 aromatic heterocycles. The Morgan fingerprint density at radius 1 is 1.37 bits per heavy atom. The molecule has 0 bridgehead atoms. The van der Waals surface area contributed by atoms with Crippen LogP contribution in [-0.4, -0.2) is 36.4 Å². The fourth-order valence-corrected chi connectivity index (χ4v) is 3.12. The molecule has 0 heterocycles. The number of carboxylic acids is 1. The standard InChI is InChI=1S/C13H19NO4S/c1-5-13(2,3)14(4)19(17,18)11-8-6-7-10(9-11)12(15)16/h6-9H,5H2,1-4H3,(H,15,16). The van der Waals surface area contributed by atoms with Crippen molar-refractivity contribution in [2.75, 3.05) is 7.05 Å². The van der Waals surface area contributed by atoms with Crippen LogP contribution in [0.2, 0.25) is 0 Å². The molecule has 106 valence electrons.